The fraction of sp³-hybridized carbons (Fsp3) is 1.00. The van der Waals surface area contributed by atoms with E-state index in [0.717, 1.165) is 0 Å². The second kappa shape index (κ2) is 3.90. The van der Waals surface area contributed by atoms with Gasteiger partial charge in [-0.3, -0.25) is 0 Å². The van der Waals surface area contributed by atoms with Gasteiger partial charge < -0.3 is 5.32 Å². The van der Waals surface area contributed by atoms with Crippen molar-refractivity contribution < 1.29 is 0 Å². The molecule has 0 aromatic heterocycles. The van der Waals surface area contributed by atoms with Crippen LogP contribution in [0, 0.1) is 0 Å². The smallest absolute Gasteiger partial charge is 0.0119 e. The molecule has 0 rings (SSSR count). The highest BCUT2D eigenvalue weighted by molar-refractivity contribution is 4.71. The molecule has 0 aliphatic rings. The van der Waals surface area contributed by atoms with Crippen LogP contribution in [0.5, 0.6) is 0 Å². The summed E-state index contributed by atoms with van der Waals surface area (Å²) in [7, 11) is 1.99. The van der Waals surface area contributed by atoms with Crippen molar-refractivity contribution in [2.75, 3.05) is 7.05 Å². The number of hydrogen-bond donors (Lipinski definition) is 1. The number of hydrogen-bond acceptors (Lipinski definition) is 1. The maximum atomic E-state index is 3.19. The lowest BCUT2D eigenvalue weighted by atomic mass is 10.0. The highest BCUT2D eigenvalue weighted by atomic mass is 14.9. The van der Waals surface area contributed by atoms with Gasteiger partial charge in [0.25, 0.3) is 0 Å². The van der Waals surface area contributed by atoms with Gasteiger partial charge in [-0.05, 0) is 27.3 Å². The van der Waals surface area contributed by atoms with Gasteiger partial charge in [0.15, 0.2) is 0 Å². The fourth-order valence-electron chi connectivity index (χ4n) is 0.177. The molecule has 0 aromatic rings. The first kappa shape index (κ1) is 10.9. The molecule has 1 nitrogen and oxygen atoms in total. The van der Waals surface area contributed by atoms with Gasteiger partial charge in [0, 0.05) is 5.54 Å². The molecular weight excluding hydrogens is 98.1 g/mol. The highest BCUT2D eigenvalue weighted by Crippen LogP contribution is 2.03. The molecule has 0 unspecified atom stereocenters. The SMILES string of the molecule is C.CCC(C)(C)NC. The first-order chi connectivity index (χ1) is 3.12. The summed E-state index contributed by atoms with van der Waals surface area (Å²) in [5, 5.41) is 3.19. The maximum absolute atomic E-state index is 3.19. The molecule has 0 bridgehead atoms. The Labute approximate surface area is 53.5 Å². The van der Waals surface area contributed by atoms with Crippen LogP contribution in [-0.4, -0.2) is 12.6 Å². The van der Waals surface area contributed by atoms with Crippen molar-refractivity contribution in [2.45, 2.75) is 40.2 Å². The fourth-order valence-corrected chi connectivity index (χ4v) is 0.177. The van der Waals surface area contributed by atoms with Crippen LogP contribution in [0.2, 0.25) is 0 Å². The summed E-state index contributed by atoms with van der Waals surface area (Å²) < 4.78 is 0. The van der Waals surface area contributed by atoms with Crippen molar-refractivity contribution in [2.24, 2.45) is 0 Å². The third kappa shape index (κ3) is 4.13. The van der Waals surface area contributed by atoms with Crippen molar-refractivity contribution >= 4 is 0 Å². The van der Waals surface area contributed by atoms with Crippen molar-refractivity contribution in [1.29, 1.82) is 0 Å². The normalized spacial score (nSPS) is 10.5. The molecule has 1 heteroatoms. The zero-order valence-electron chi connectivity index (χ0n) is 5.71. The molecule has 1 N–H and O–H groups in total. The summed E-state index contributed by atoms with van der Waals surface area (Å²) in [5.74, 6) is 0. The van der Waals surface area contributed by atoms with Gasteiger partial charge in [-0.15, -0.1) is 0 Å². The molecule has 0 aromatic carbocycles. The molecule has 0 saturated carbocycles. The zero-order chi connectivity index (χ0) is 5.91. The van der Waals surface area contributed by atoms with Crippen LogP contribution in [0.25, 0.3) is 0 Å². The van der Waals surface area contributed by atoms with Crippen LogP contribution in [0.4, 0.5) is 0 Å². The Morgan fingerprint density at radius 3 is 1.75 bits per heavy atom. The number of rotatable bonds is 2. The van der Waals surface area contributed by atoms with E-state index in [1.54, 1.807) is 0 Å². The van der Waals surface area contributed by atoms with Crippen LogP contribution < -0.4 is 5.32 Å². The van der Waals surface area contributed by atoms with Crippen LogP contribution >= 0.6 is 0 Å². The lowest BCUT2D eigenvalue weighted by Crippen LogP contribution is -2.34. The Morgan fingerprint density at radius 1 is 1.38 bits per heavy atom. The van der Waals surface area contributed by atoms with Gasteiger partial charge in [-0.25, -0.2) is 0 Å². The Kier molecular flexibility index (Phi) is 5.29. The van der Waals surface area contributed by atoms with E-state index in [-0.39, 0.29) is 7.43 Å². The van der Waals surface area contributed by atoms with Gasteiger partial charge in [0.2, 0.25) is 0 Å². The van der Waals surface area contributed by atoms with Gasteiger partial charge in [-0.2, -0.15) is 0 Å². The van der Waals surface area contributed by atoms with Crippen LogP contribution in [0.3, 0.4) is 0 Å². The number of nitrogens with one attached hydrogen (secondary N) is 1. The molecule has 0 saturated heterocycles. The lowest BCUT2D eigenvalue weighted by molar-refractivity contribution is 0.411. The summed E-state index contributed by atoms with van der Waals surface area (Å²) in [6.07, 6.45) is 1.18. The summed E-state index contributed by atoms with van der Waals surface area (Å²) >= 11 is 0. The Bertz CT molecular complexity index is 42.3. The first-order valence-corrected chi connectivity index (χ1v) is 2.81. The average Bonchev–Trinajstić information content (AvgIpc) is 1.68. The lowest BCUT2D eigenvalue weighted by Gasteiger charge is -2.20. The molecule has 0 aliphatic heterocycles. The standard InChI is InChI=1S/C6H15N.CH4/c1-5-6(2,3)7-4;/h7H,5H2,1-4H3;1H4. The molecule has 0 amide bonds. The summed E-state index contributed by atoms with van der Waals surface area (Å²) in [6.45, 7) is 6.55. The van der Waals surface area contributed by atoms with Crippen molar-refractivity contribution in [3.63, 3.8) is 0 Å². The van der Waals surface area contributed by atoms with Gasteiger partial charge in [-0.1, -0.05) is 14.4 Å². The quantitative estimate of drug-likeness (QED) is 0.583. The Balaban J connectivity index is 0. The maximum Gasteiger partial charge on any atom is 0.0119 e. The van der Waals surface area contributed by atoms with E-state index in [0.29, 0.717) is 5.54 Å². The Morgan fingerprint density at radius 2 is 1.75 bits per heavy atom. The van der Waals surface area contributed by atoms with Gasteiger partial charge in [0.05, 0.1) is 0 Å². The minimum Gasteiger partial charge on any atom is -0.315 e. The van der Waals surface area contributed by atoms with Crippen LogP contribution in [0.1, 0.15) is 34.6 Å². The van der Waals surface area contributed by atoms with Crippen LogP contribution in [0.15, 0.2) is 0 Å². The third-order valence-electron chi connectivity index (χ3n) is 1.56. The third-order valence-corrected chi connectivity index (χ3v) is 1.56. The largest absolute Gasteiger partial charge is 0.315 e. The van der Waals surface area contributed by atoms with E-state index < -0.39 is 0 Å². The second-order valence-corrected chi connectivity index (χ2v) is 2.49. The Hall–Kier alpha value is -0.0400. The molecule has 0 heterocycles. The van der Waals surface area contributed by atoms with Gasteiger partial charge >= 0.3 is 0 Å². The molecule has 0 atom stereocenters. The monoisotopic (exact) mass is 117 g/mol. The average molecular weight is 117 g/mol. The van der Waals surface area contributed by atoms with Crippen molar-refractivity contribution in [1.82, 2.24) is 5.32 Å². The van der Waals surface area contributed by atoms with E-state index in [1.807, 2.05) is 7.05 Å². The molecule has 0 fully saturated rings. The van der Waals surface area contributed by atoms with E-state index in [2.05, 4.69) is 26.1 Å². The molecule has 8 heavy (non-hydrogen) atoms. The highest BCUT2D eigenvalue weighted by Gasteiger charge is 2.08. The predicted octanol–water partition coefficient (Wildman–Crippen LogP) is 2.03. The summed E-state index contributed by atoms with van der Waals surface area (Å²) in [6, 6.07) is 0. The summed E-state index contributed by atoms with van der Waals surface area (Å²) in [5.41, 5.74) is 0.333. The van der Waals surface area contributed by atoms with Gasteiger partial charge in [0.1, 0.15) is 0 Å². The first-order valence-electron chi connectivity index (χ1n) is 2.81. The van der Waals surface area contributed by atoms with Crippen LogP contribution in [-0.2, 0) is 0 Å². The van der Waals surface area contributed by atoms with Crippen molar-refractivity contribution in [3.8, 4) is 0 Å². The van der Waals surface area contributed by atoms with E-state index in [9.17, 15) is 0 Å². The minimum absolute atomic E-state index is 0. The zero-order valence-corrected chi connectivity index (χ0v) is 5.71. The van der Waals surface area contributed by atoms with E-state index in [1.165, 1.54) is 6.42 Å². The topological polar surface area (TPSA) is 12.0 Å². The molecule has 52 valence electrons. The summed E-state index contributed by atoms with van der Waals surface area (Å²) in [4.78, 5) is 0. The minimum atomic E-state index is 0. The second-order valence-electron chi connectivity index (χ2n) is 2.49. The molecular formula is C7H19N. The van der Waals surface area contributed by atoms with E-state index >= 15 is 0 Å². The predicted molar refractivity (Wildman–Crippen MR) is 40.2 cm³/mol. The molecule has 0 aliphatic carbocycles. The van der Waals surface area contributed by atoms with E-state index in [4.69, 9.17) is 0 Å². The molecule has 0 radical (unpaired) electrons. The molecule has 0 spiro atoms. The van der Waals surface area contributed by atoms with Crippen molar-refractivity contribution in [3.05, 3.63) is 0 Å².